The van der Waals surface area contributed by atoms with E-state index in [1.165, 1.54) is 16.7 Å². The molecule has 1 unspecified atom stereocenters. The third-order valence-corrected chi connectivity index (χ3v) is 4.62. The number of nitrogens with zero attached hydrogens (tertiary/aromatic N) is 2. The quantitative estimate of drug-likeness (QED) is 0.924. The zero-order chi connectivity index (χ0) is 14.7. The van der Waals surface area contributed by atoms with Crippen LogP contribution in [-0.2, 0) is 6.54 Å². The standard InChI is InChI=1S/C17H20BrN3/c1-13-10-16(18)3-2-15(13)12-21-9-8-20-11-17(21)14-4-6-19-7-5-14/h2-7,10,17,20H,8-9,11-12H2,1H3. The molecule has 21 heavy (non-hydrogen) atoms. The van der Waals surface area contributed by atoms with Crippen LogP contribution in [0.3, 0.4) is 0 Å². The van der Waals surface area contributed by atoms with Gasteiger partial charge < -0.3 is 5.32 Å². The Morgan fingerprint density at radius 2 is 2.10 bits per heavy atom. The summed E-state index contributed by atoms with van der Waals surface area (Å²) in [6, 6.07) is 11.2. The molecule has 4 heteroatoms. The lowest BCUT2D eigenvalue weighted by atomic mass is 10.0. The SMILES string of the molecule is Cc1cc(Br)ccc1CN1CCNCC1c1ccncc1. The van der Waals surface area contributed by atoms with E-state index in [9.17, 15) is 0 Å². The molecular formula is C17H20BrN3. The number of hydrogen-bond acceptors (Lipinski definition) is 3. The predicted molar refractivity (Wildman–Crippen MR) is 89.1 cm³/mol. The Bertz CT molecular complexity index is 600. The van der Waals surface area contributed by atoms with Crippen molar-refractivity contribution in [3.05, 3.63) is 63.9 Å². The maximum absolute atomic E-state index is 4.13. The minimum Gasteiger partial charge on any atom is -0.314 e. The van der Waals surface area contributed by atoms with E-state index in [0.717, 1.165) is 30.7 Å². The van der Waals surface area contributed by atoms with Crippen molar-refractivity contribution in [2.24, 2.45) is 0 Å². The maximum Gasteiger partial charge on any atom is 0.0477 e. The van der Waals surface area contributed by atoms with E-state index in [0.29, 0.717) is 6.04 Å². The lowest BCUT2D eigenvalue weighted by Crippen LogP contribution is -2.45. The molecule has 1 aromatic heterocycles. The number of benzene rings is 1. The molecule has 0 spiro atoms. The Morgan fingerprint density at radius 3 is 2.86 bits per heavy atom. The van der Waals surface area contributed by atoms with Gasteiger partial charge in [-0.05, 0) is 47.9 Å². The summed E-state index contributed by atoms with van der Waals surface area (Å²) < 4.78 is 1.15. The summed E-state index contributed by atoms with van der Waals surface area (Å²) in [5.41, 5.74) is 4.09. The first kappa shape index (κ1) is 14.7. The smallest absolute Gasteiger partial charge is 0.0477 e. The molecule has 1 atom stereocenters. The normalized spacial score (nSPS) is 19.6. The van der Waals surface area contributed by atoms with Gasteiger partial charge in [0.15, 0.2) is 0 Å². The van der Waals surface area contributed by atoms with Crippen molar-refractivity contribution < 1.29 is 0 Å². The number of hydrogen-bond donors (Lipinski definition) is 1. The van der Waals surface area contributed by atoms with Crippen LogP contribution in [0.4, 0.5) is 0 Å². The van der Waals surface area contributed by atoms with Crippen molar-refractivity contribution in [3.8, 4) is 0 Å². The van der Waals surface area contributed by atoms with Crippen LogP contribution in [0.15, 0.2) is 47.2 Å². The van der Waals surface area contributed by atoms with Gasteiger partial charge in [-0.2, -0.15) is 0 Å². The molecule has 2 aromatic rings. The Morgan fingerprint density at radius 1 is 1.29 bits per heavy atom. The molecule has 1 aliphatic rings. The van der Waals surface area contributed by atoms with Crippen molar-refractivity contribution in [2.45, 2.75) is 19.5 Å². The van der Waals surface area contributed by atoms with Crippen molar-refractivity contribution in [2.75, 3.05) is 19.6 Å². The Labute approximate surface area is 134 Å². The van der Waals surface area contributed by atoms with Gasteiger partial charge in [0.1, 0.15) is 0 Å². The molecule has 2 heterocycles. The fourth-order valence-electron chi connectivity index (χ4n) is 2.91. The van der Waals surface area contributed by atoms with Crippen molar-refractivity contribution in [1.82, 2.24) is 15.2 Å². The monoisotopic (exact) mass is 345 g/mol. The second-order valence-electron chi connectivity index (χ2n) is 5.54. The van der Waals surface area contributed by atoms with Gasteiger partial charge in [0, 0.05) is 49.1 Å². The van der Waals surface area contributed by atoms with E-state index >= 15 is 0 Å². The number of halogens is 1. The number of aromatic nitrogens is 1. The summed E-state index contributed by atoms with van der Waals surface area (Å²) in [6.07, 6.45) is 3.76. The zero-order valence-electron chi connectivity index (χ0n) is 12.2. The maximum atomic E-state index is 4.13. The van der Waals surface area contributed by atoms with Gasteiger partial charge >= 0.3 is 0 Å². The van der Waals surface area contributed by atoms with Gasteiger partial charge in [-0.1, -0.05) is 22.0 Å². The van der Waals surface area contributed by atoms with E-state index in [2.05, 4.69) is 68.4 Å². The summed E-state index contributed by atoms with van der Waals surface area (Å²) in [4.78, 5) is 6.69. The molecule has 3 nitrogen and oxygen atoms in total. The Balaban J connectivity index is 1.81. The van der Waals surface area contributed by atoms with E-state index in [-0.39, 0.29) is 0 Å². The van der Waals surface area contributed by atoms with Gasteiger partial charge in [-0.3, -0.25) is 9.88 Å². The molecule has 1 saturated heterocycles. The molecule has 0 radical (unpaired) electrons. The van der Waals surface area contributed by atoms with E-state index in [4.69, 9.17) is 0 Å². The highest BCUT2D eigenvalue weighted by atomic mass is 79.9. The van der Waals surface area contributed by atoms with Crippen molar-refractivity contribution in [1.29, 1.82) is 0 Å². The van der Waals surface area contributed by atoms with Crippen molar-refractivity contribution in [3.63, 3.8) is 0 Å². The second-order valence-corrected chi connectivity index (χ2v) is 6.46. The lowest BCUT2D eigenvalue weighted by Gasteiger charge is -2.36. The van der Waals surface area contributed by atoms with Gasteiger partial charge in [0.2, 0.25) is 0 Å². The number of rotatable bonds is 3. The fourth-order valence-corrected chi connectivity index (χ4v) is 3.38. The Kier molecular flexibility index (Phi) is 4.68. The van der Waals surface area contributed by atoms with Crippen LogP contribution < -0.4 is 5.32 Å². The lowest BCUT2D eigenvalue weighted by molar-refractivity contribution is 0.153. The summed E-state index contributed by atoms with van der Waals surface area (Å²) in [5, 5.41) is 3.50. The highest BCUT2D eigenvalue weighted by Gasteiger charge is 2.24. The second kappa shape index (κ2) is 6.69. The Hall–Kier alpha value is -1.23. The molecule has 0 saturated carbocycles. The van der Waals surface area contributed by atoms with Gasteiger partial charge in [-0.25, -0.2) is 0 Å². The van der Waals surface area contributed by atoms with Crippen LogP contribution in [0, 0.1) is 6.92 Å². The first-order chi connectivity index (χ1) is 10.2. The average molecular weight is 346 g/mol. The van der Waals surface area contributed by atoms with Crippen LogP contribution >= 0.6 is 15.9 Å². The van der Waals surface area contributed by atoms with Gasteiger partial charge in [0.25, 0.3) is 0 Å². The largest absolute Gasteiger partial charge is 0.314 e. The number of piperazine rings is 1. The van der Waals surface area contributed by atoms with Crippen molar-refractivity contribution >= 4 is 15.9 Å². The zero-order valence-corrected chi connectivity index (χ0v) is 13.8. The van der Waals surface area contributed by atoms with Crippen LogP contribution in [0.2, 0.25) is 0 Å². The molecule has 1 aliphatic heterocycles. The van der Waals surface area contributed by atoms with Gasteiger partial charge in [-0.15, -0.1) is 0 Å². The van der Waals surface area contributed by atoms with E-state index in [1.807, 2.05) is 12.4 Å². The molecule has 0 bridgehead atoms. The molecule has 0 amide bonds. The van der Waals surface area contributed by atoms with Crippen LogP contribution in [0.1, 0.15) is 22.7 Å². The summed E-state index contributed by atoms with van der Waals surface area (Å²) >= 11 is 3.54. The van der Waals surface area contributed by atoms with Crippen LogP contribution in [0.25, 0.3) is 0 Å². The highest BCUT2D eigenvalue weighted by Crippen LogP contribution is 2.25. The van der Waals surface area contributed by atoms with E-state index < -0.39 is 0 Å². The number of pyridine rings is 1. The minimum atomic E-state index is 0.421. The third kappa shape index (κ3) is 3.51. The van der Waals surface area contributed by atoms with Crippen LogP contribution in [0.5, 0.6) is 0 Å². The predicted octanol–water partition coefficient (Wildman–Crippen LogP) is 3.30. The average Bonchev–Trinajstić information content (AvgIpc) is 2.51. The summed E-state index contributed by atoms with van der Waals surface area (Å²) in [7, 11) is 0. The number of aryl methyl sites for hydroxylation is 1. The highest BCUT2D eigenvalue weighted by molar-refractivity contribution is 9.10. The molecule has 3 rings (SSSR count). The molecule has 1 aromatic carbocycles. The molecule has 1 N–H and O–H groups in total. The number of nitrogens with one attached hydrogen (secondary N) is 1. The molecular weight excluding hydrogens is 326 g/mol. The molecule has 110 valence electrons. The fraction of sp³-hybridized carbons (Fsp3) is 0.353. The van der Waals surface area contributed by atoms with E-state index in [1.54, 1.807) is 0 Å². The first-order valence-electron chi connectivity index (χ1n) is 7.34. The third-order valence-electron chi connectivity index (χ3n) is 4.12. The minimum absolute atomic E-state index is 0.421. The first-order valence-corrected chi connectivity index (χ1v) is 8.13. The van der Waals surface area contributed by atoms with Crippen LogP contribution in [-0.4, -0.2) is 29.5 Å². The topological polar surface area (TPSA) is 28.2 Å². The molecule has 0 aliphatic carbocycles. The summed E-state index contributed by atoms with van der Waals surface area (Å²) in [5.74, 6) is 0. The summed E-state index contributed by atoms with van der Waals surface area (Å²) in [6.45, 7) is 6.30. The molecule has 1 fully saturated rings. The van der Waals surface area contributed by atoms with Gasteiger partial charge in [0.05, 0.1) is 0 Å².